The van der Waals surface area contributed by atoms with E-state index in [4.69, 9.17) is 34.8 Å². The van der Waals surface area contributed by atoms with Gasteiger partial charge in [-0.2, -0.15) is 0 Å². The van der Waals surface area contributed by atoms with E-state index in [0.717, 1.165) is 11.1 Å². The van der Waals surface area contributed by atoms with Gasteiger partial charge >= 0.3 is 0 Å². The van der Waals surface area contributed by atoms with Crippen LogP contribution in [0.3, 0.4) is 0 Å². The first-order valence-corrected chi connectivity index (χ1v) is 11.2. The highest BCUT2D eigenvalue weighted by Gasteiger charge is 2.30. The molecule has 7 heteroatoms. The zero-order chi connectivity index (χ0) is 23.1. The van der Waals surface area contributed by atoms with Gasteiger partial charge in [-0.15, -0.1) is 0 Å². The van der Waals surface area contributed by atoms with Gasteiger partial charge in [0.05, 0.1) is 6.42 Å². The number of hydrogen-bond acceptors (Lipinski definition) is 2. The first-order chi connectivity index (χ1) is 15.4. The average Bonchev–Trinajstić information content (AvgIpc) is 2.79. The molecule has 0 bridgehead atoms. The highest BCUT2D eigenvalue weighted by Crippen LogP contribution is 2.24. The van der Waals surface area contributed by atoms with E-state index in [0.29, 0.717) is 27.1 Å². The maximum absolute atomic E-state index is 13.5. The molecule has 1 unspecified atom stereocenters. The molecule has 0 saturated heterocycles. The summed E-state index contributed by atoms with van der Waals surface area (Å²) in [4.78, 5) is 28.0. The third-order valence-electron chi connectivity index (χ3n) is 5.17. The molecule has 0 radical (unpaired) electrons. The summed E-state index contributed by atoms with van der Waals surface area (Å²) in [5.41, 5.74) is 2.34. The first kappa shape index (κ1) is 24.1. The van der Waals surface area contributed by atoms with Crippen molar-refractivity contribution in [3.8, 4) is 0 Å². The molecule has 0 heterocycles. The van der Waals surface area contributed by atoms with Crippen molar-refractivity contribution in [1.29, 1.82) is 0 Å². The highest BCUT2D eigenvalue weighted by molar-refractivity contribution is 6.35. The Morgan fingerprint density at radius 3 is 2.22 bits per heavy atom. The summed E-state index contributed by atoms with van der Waals surface area (Å²) in [6.45, 7) is 0.189. The third-order valence-corrected chi connectivity index (χ3v) is 6.13. The van der Waals surface area contributed by atoms with E-state index in [-0.39, 0.29) is 24.8 Å². The van der Waals surface area contributed by atoms with Crippen molar-refractivity contribution in [2.24, 2.45) is 0 Å². The van der Waals surface area contributed by atoms with Gasteiger partial charge in [-0.25, -0.2) is 0 Å². The summed E-state index contributed by atoms with van der Waals surface area (Å²) in [5.74, 6) is -0.491. The van der Waals surface area contributed by atoms with Gasteiger partial charge in [-0.1, -0.05) is 89.4 Å². The Balaban J connectivity index is 1.97. The minimum absolute atomic E-state index is 0.0305. The number of rotatable bonds is 8. The zero-order valence-electron chi connectivity index (χ0n) is 17.5. The van der Waals surface area contributed by atoms with E-state index in [1.807, 2.05) is 48.5 Å². The molecule has 0 saturated carbocycles. The van der Waals surface area contributed by atoms with Crippen molar-refractivity contribution in [3.05, 3.63) is 105 Å². The predicted octanol–water partition coefficient (Wildman–Crippen LogP) is 5.58. The fraction of sp³-hybridized carbons (Fsp3) is 0.200. The lowest BCUT2D eigenvalue weighted by Gasteiger charge is -2.31. The van der Waals surface area contributed by atoms with Gasteiger partial charge in [0.25, 0.3) is 0 Å². The van der Waals surface area contributed by atoms with Crippen LogP contribution in [0.25, 0.3) is 0 Å². The standard InChI is InChI=1S/C25H23Cl3N2O2/c1-29-25(32)23(13-17-7-3-2-4-8-17)30(16-19-9-5-6-10-21(19)27)24(31)14-18-11-12-20(26)15-22(18)28/h2-12,15,23H,13-14,16H2,1H3,(H,29,32). The van der Waals surface area contributed by atoms with Gasteiger partial charge in [0.1, 0.15) is 6.04 Å². The van der Waals surface area contributed by atoms with Gasteiger partial charge in [-0.05, 0) is 34.9 Å². The topological polar surface area (TPSA) is 49.4 Å². The number of benzene rings is 3. The summed E-state index contributed by atoms with van der Waals surface area (Å²) in [5, 5.41) is 4.12. The van der Waals surface area contributed by atoms with E-state index >= 15 is 0 Å². The molecule has 166 valence electrons. The second kappa shape index (κ2) is 11.4. The second-order valence-corrected chi connectivity index (χ2v) is 8.60. The maximum Gasteiger partial charge on any atom is 0.242 e. The van der Waals surface area contributed by atoms with Crippen LogP contribution in [0, 0.1) is 0 Å². The van der Waals surface area contributed by atoms with Crippen LogP contribution in [0.5, 0.6) is 0 Å². The number of nitrogens with zero attached hydrogens (tertiary/aromatic N) is 1. The molecule has 0 aliphatic rings. The number of carbonyl (C=O) groups excluding carboxylic acids is 2. The molecule has 1 atom stereocenters. The van der Waals surface area contributed by atoms with Crippen LogP contribution in [-0.2, 0) is 29.0 Å². The molecule has 3 rings (SSSR count). The average molecular weight is 490 g/mol. The van der Waals surface area contributed by atoms with Crippen LogP contribution >= 0.6 is 34.8 Å². The fourth-order valence-electron chi connectivity index (χ4n) is 3.46. The molecule has 0 spiro atoms. The van der Waals surface area contributed by atoms with E-state index in [1.54, 1.807) is 36.2 Å². The number of carbonyl (C=O) groups is 2. The van der Waals surface area contributed by atoms with E-state index in [9.17, 15) is 9.59 Å². The molecular formula is C25H23Cl3N2O2. The first-order valence-electron chi connectivity index (χ1n) is 10.1. The van der Waals surface area contributed by atoms with Gasteiger partial charge < -0.3 is 10.2 Å². The maximum atomic E-state index is 13.5. The SMILES string of the molecule is CNC(=O)C(Cc1ccccc1)N(Cc1ccccc1Cl)C(=O)Cc1ccc(Cl)cc1Cl. The monoisotopic (exact) mass is 488 g/mol. The summed E-state index contributed by atoms with van der Waals surface area (Å²) in [6, 6.07) is 21.2. The highest BCUT2D eigenvalue weighted by atomic mass is 35.5. The Hall–Kier alpha value is -2.53. The summed E-state index contributed by atoms with van der Waals surface area (Å²) in [6.07, 6.45) is 0.397. The number of halogens is 3. The van der Waals surface area contributed by atoms with Crippen molar-refractivity contribution in [2.45, 2.75) is 25.4 Å². The van der Waals surface area contributed by atoms with Gasteiger partial charge in [0.15, 0.2) is 0 Å². The Morgan fingerprint density at radius 2 is 1.56 bits per heavy atom. The molecule has 0 aliphatic heterocycles. The lowest BCUT2D eigenvalue weighted by molar-refractivity contribution is -0.140. The Kier molecular flexibility index (Phi) is 8.57. The van der Waals surface area contributed by atoms with Gasteiger partial charge in [0.2, 0.25) is 11.8 Å². The minimum atomic E-state index is -0.725. The largest absolute Gasteiger partial charge is 0.357 e. The normalized spacial score (nSPS) is 11.6. The molecule has 3 aromatic carbocycles. The minimum Gasteiger partial charge on any atom is -0.357 e. The molecule has 0 aromatic heterocycles. The van der Waals surface area contributed by atoms with Crippen molar-refractivity contribution in [3.63, 3.8) is 0 Å². The van der Waals surface area contributed by atoms with Crippen LogP contribution in [0.2, 0.25) is 15.1 Å². The van der Waals surface area contributed by atoms with Crippen LogP contribution in [0.4, 0.5) is 0 Å². The van der Waals surface area contributed by atoms with Crippen LogP contribution in [0.1, 0.15) is 16.7 Å². The lowest BCUT2D eigenvalue weighted by atomic mass is 10.0. The summed E-state index contributed by atoms with van der Waals surface area (Å²) in [7, 11) is 1.56. The second-order valence-electron chi connectivity index (χ2n) is 7.35. The van der Waals surface area contributed by atoms with Crippen molar-refractivity contribution in [2.75, 3.05) is 7.05 Å². The molecule has 4 nitrogen and oxygen atoms in total. The quantitative estimate of drug-likeness (QED) is 0.449. The predicted molar refractivity (Wildman–Crippen MR) is 130 cm³/mol. The van der Waals surface area contributed by atoms with Gasteiger partial charge in [-0.3, -0.25) is 9.59 Å². The van der Waals surface area contributed by atoms with E-state index < -0.39 is 6.04 Å². The van der Waals surface area contributed by atoms with Crippen LogP contribution in [-0.4, -0.2) is 29.8 Å². The Labute approximate surface area is 203 Å². The molecule has 1 N–H and O–H groups in total. The fourth-order valence-corrected chi connectivity index (χ4v) is 4.13. The van der Waals surface area contributed by atoms with Crippen LogP contribution in [0.15, 0.2) is 72.8 Å². The number of amides is 2. The summed E-state index contributed by atoms with van der Waals surface area (Å²) < 4.78 is 0. The van der Waals surface area contributed by atoms with Gasteiger partial charge in [0, 0.05) is 35.1 Å². The van der Waals surface area contributed by atoms with E-state index in [1.165, 1.54) is 0 Å². The van der Waals surface area contributed by atoms with Crippen LogP contribution < -0.4 is 5.32 Å². The smallest absolute Gasteiger partial charge is 0.242 e. The molecule has 32 heavy (non-hydrogen) atoms. The number of nitrogens with one attached hydrogen (secondary N) is 1. The number of likely N-dealkylation sites (N-methyl/N-ethyl adjacent to an activating group) is 1. The third kappa shape index (κ3) is 6.26. The molecule has 3 aromatic rings. The molecule has 0 aliphatic carbocycles. The molecule has 2 amide bonds. The van der Waals surface area contributed by atoms with Crippen molar-refractivity contribution in [1.82, 2.24) is 10.2 Å². The van der Waals surface area contributed by atoms with Crippen molar-refractivity contribution >= 4 is 46.6 Å². The lowest BCUT2D eigenvalue weighted by Crippen LogP contribution is -2.50. The number of hydrogen-bond donors (Lipinski definition) is 1. The Morgan fingerprint density at radius 1 is 0.875 bits per heavy atom. The molecular weight excluding hydrogens is 467 g/mol. The molecule has 0 fully saturated rings. The summed E-state index contributed by atoms with van der Waals surface area (Å²) >= 11 is 18.7. The van der Waals surface area contributed by atoms with Crippen molar-refractivity contribution < 1.29 is 9.59 Å². The van der Waals surface area contributed by atoms with E-state index in [2.05, 4.69) is 5.32 Å². The Bertz CT molecular complexity index is 1090. The zero-order valence-corrected chi connectivity index (χ0v) is 19.8.